The Kier molecular flexibility index (Phi) is 7.29. The molecule has 5 nitrogen and oxygen atoms in total. The van der Waals surface area contributed by atoms with Crippen LogP contribution in [0.15, 0.2) is 59.2 Å². The van der Waals surface area contributed by atoms with Gasteiger partial charge in [0.05, 0.1) is 29.5 Å². The second-order valence-electron chi connectivity index (χ2n) is 7.00. The van der Waals surface area contributed by atoms with Crippen LogP contribution in [0.3, 0.4) is 0 Å². The van der Waals surface area contributed by atoms with Crippen molar-refractivity contribution < 1.29 is 13.9 Å². The number of hydrogen-bond acceptors (Lipinski definition) is 4. The highest BCUT2D eigenvalue weighted by molar-refractivity contribution is 6.37. The molecule has 0 aliphatic carbocycles. The number of anilines is 1. The van der Waals surface area contributed by atoms with Crippen molar-refractivity contribution >= 4 is 34.8 Å². The minimum absolute atomic E-state index is 0.199. The molecule has 1 heterocycles. The molecule has 0 bridgehead atoms. The van der Waals surface area contributed by atoms with Crippen LogP contribution in [-0.4, -0.2) is 31.5 Å². The summed E-state index contributed by atoms with van der Waals surface area (Å²) in [5.74, 6) is 0.876. The molecular weight excluding hydrogens is 423 g/mol. The normalized spacial score (nSPS) is 10.7. The van der Waals surface area contributed by atoms with Crippen molar-refractivity contribution in [1.29, 1.82) is 0 Å². The summed E-state index contributed by atoms with van der Waals surface area (Å²) in [4.78, 5) is 17.1. The van der Waals surface area contributed by atoms with Crippen LogP contribution in [0.2, 0.25) is 10.0 Å². The van der Waals surface area contributed by atoms with E-state index in [4.69, 9.17) is 32.4 Å². The summed E-state index contributed by atoms with van der Waals surface area (Å²) in [5, 5.41) is 0.613. The van der Waals surface area contributed by atoms with E-state index in [-0.39, 0.29) is 5.91 Å². The fourth-order valence-electron chi connectivity index (χ4n) is 3.06. The Hall–Kier alpha value is -2.63. The topological polar surface area (TPSA) is 45.9 Å². The molecule has 0 aliphatic rings. The van der Waals surface area contributed by atoms with E-state index in [0.29, 0.717) is 46.8 Å². The number of halogens is 2. The molecule has 1 aromatic heterocycles. The van der Waals surface area contributed by atoms with Gasteiger partial charge in [-0.05, 0) is 48.9 Å². The Morgan fingerprint density at radius 1 is 1.03 bits per heavy atom. The van der Waals surface area contributed by atoms with E-state index in [0.717, 1.165) is 11.3 Å². The van der Waals surface area contributed by atoms with Crippen LogP contribution in [-0.2, 0) is 13.1 Å². The van der Waals surface area contributed by atoms with Gasteiger partial charge in [-0.15, -0.1) is 0 Å². The third-order valence-corrected chi connectivity index (χ3v) is 5.14. The third-order valence-electron chi connectivity index (χ3n) is 4.57. The Morgan fingerprint density at radius 3 is 2.23 bits per heavy atom. The first-order chi connectivity index (χ1) is 14.4. The summed E-state index contributed by atoms with van der Waals surface area (Å²) in [5.41, 5.74) is 2.49. The summed E-state index contributed by atoms with van der Waals surface area (Å²) < 4.78 is 10.9. The van der Waals surface area contributed by atoms with Gasteiger partial charge in [0, 0.05) is 31.9 Å². The Labute approximate surface area is 186 Å². The lowest BCUT2D eigenvalue weighted by atomic mass is 10.1. The molecule has 2 aromatic carbocycles. The van der Waals surface area contributed by atoms with Crippen LogP contribution in [0.25, 0.3) is 0 Å². The lowest BCUT2D eigenvalue weighted by molar-refractivity contribution is 0.0717. The molecular formula is C23H24Cl2N2O3. The van der Waals surface area contributed by atoms with Crippen LogP contribution < -0.4 is 9.64 Å². The van der Waals surface area contributed by atoms with Crippen molar-refractivity contribution in [2.24, 2.45) is 0 Å². The van der Waals surface area contributed by atoms with Crippen LogP contribution >= 0.6 is 23.2 Å². The second-order valence-corrected chi connectivity index (χ2v) is 7.82. The van der Waals surface area contributed by atoms with Crippen molar-refractivity contribution in [1.82, 2.24) is 4.90 Å². The number of carbonyl (C=O) groups is 1. The summed E-state index contributed by atoms with van der Waals surface area (Å²) in [6.45, 7) is 3.01. The average molecular weight is 447 g/mol. The Balaban J connectivity index is 1.89. The minimum atomic E-state index is -0.199. The third kappa shape index (κ3) is 5.29. The maximum atomic E-state index is 13.3. The Bertz CT molecular complexity index is 963. The maximum absolute atomic E-state index is 13.3. The van der Waals surface area contributed by atoms with Crippen molar-refractivity contribution in [2.45, 2.75) is 20.0 Å². The Morgan fingerprint density at radius 2 is 1.70 bits per heavy atom. The fourth-order valence-corrected chi connectivity index (χ4v) is 3.65. The highest BCUT2D eigenvalue weighted by Gasteiger charge is 2.21. The lowest BCUT2D eigenvalue weighted by Gasteiger charge is -2.23. The van der Waals surface area contributed by atoms with Crippen molar-refractivity contribution in [3.8, 4) is 5.75 Å². The van der Waals surface area contributed by atoms with Gasteiger partial charge in [0.2, 0.25) is 0 Å². The largest absolute Gasteiger partial charge is 0.491 e. The van der Waals surface area contributed by atoms with E-state index in [1.807, 2.05) is 56.3 Å². The van der Waals surface area contributed by atoms with Gasteiger partial charge in [-0.3, -0.25) is 4.79 Å². The van der Waals surface area contributed by atoms with Crippen molar-refractivity contribution in [3.05, 3.63) is 81.7 Å². The van der Waals surface area contributed by atoms with Crippen LogP contribution in [0.5, 0.6) is 5.75 Å². The molecule has 0 spiro atoms. The number of benzene rings is 2. The highest BCUT2D eigenvalue weighted by atomic mass is 35.5. The summed E-state index contributed by atoms with van der Waals surface area (Å²) in [7, 11) is 3.97. The zero-order valence-electron chi connectivity index (χ0n) is 17.2. The fraction of sp³-hybridized carbons (Fsp3) is 0.261. The quantitative estimate of drug-likeness (QED) is 0.432. The molecule has 0 fully saturated rings. The van der Waals surface area contributed by atoms with Gasteiger partial charge in [0.1, 0.15) is 5.76 Å². The summed E-state index contributed by atoms with van der Waals surface area (Å²) >= 11 is 12.6. The van der Waals surface area contributed by atoms with Crippen LogP contribution in [0.1, 0.15) is 28.6 Å². The van der Waals surface area contributed by atoms with Gasteiger partial charge in [0.25, 0.3) is 5.91 Å². The van der Waals surface area contributed by atoms with Gasteiger partial charge >= 0.3 is 0 Å². The van der Waals surface area contributed by atoms with E-state index in [1.165, 1.54) is 0 Å². The first-order valence-electron chi connectivity index (χ1n) is 9.58. The van der Waals surface area contributed by atoms with Gasteiger partial charge in [-0.1, -0.05) is 35.3 Å². The predicted molar refractivity (Wildman–Crippen MR) is 121 cm³/mol. The van der Waals surface area contributed by atoms with E-state index in [2.05, 4.69) is 0 Å². The molecule has 158 valence electrons. The van der Waals surface area contributed by atoms with Crippen molar-refractivity contribution in [2.75, 3.05) is 25.6 Å². The van der Waals surface area contributed by atoms with E-state index in [9.17, 15) is 4.79 Å². The van der Waals surface area contributed by atoms with E-state index < -0.39 is 0 Å². The molecule has 0 unspecified atom stereocenters. The smallest absolute Gasteiger partial charge is 0.254 e. The molecule has 0 N–H and O–H groups in total. The number of nitrogens with zero attached hydrogens (tertiary/aromatic N) is 2. The molecule has 1 amide bonds. The molecule has 3 aromatic rings. The molecule has 0 aliphatic heterocycles. The molecule has 0 atom stereocenters. The first kappa shape index (κ1) is 22.1. The van der Waals surface area contributed by atoms with E-state index in [1.54, 1.807) is 29.4 Å². The molecule has 3 rings (SSSR count). The molecule has 0 saturated heterocycles. The number of hydrogen-bond donors (Lipinski definition) is 0. The number of amides is 1. The van der Waals surface area contributed by atoms with Crippen LogP contribution in [0.4, 0.5) is 5.69 Å². The molecule has 7 heteroatoms. The predicted octanol–water partition coefficient (Wildman–Crippen LogP) is 5.89. The summed E-state index contributed by atoms with van der Waals surface area (Å²) in [6, 6.07) is 14.9. The monoisotopic (exact) mass is 446 g/mol. The summed E-state index contributed by atoms with van der Waals surface area (Å²) in [6.07, 6.45) is 1.59. The number of furan rings is 1. The SMILES string of the molecule is CCOc1c(Cl)cc(C(=O)N(Cc2ccc(N(C)C)cc2)Cc2ccco2)cc1Cl. The number of rotatable bonds is 8. The zero-order chi connectivity index (χ0) is 21.7. The molecule has 0 saturated carbocycles. The highest BCUT2D eigenvalue weighted by Crippen LogP contribution is 2.35. The zero-order valence-corrected chi connectivity index (χ0v) is 18.7. The number of ether oxygens (including phenoxy) is 1. The van der Waals surface area contributed by atoms with E-state index >= 15 is 0 Å². The van der Waals surface area contributed by atoms with Gasteiger partial charge in [-0.25, -0.2) is 0 Å². The number of carbonyl (C=O) groups excluding carboxylic acids is 1. The van der Waals surface area contributed by atoms with Gasteiger partial charge < -0.3 is 19.0 Å². The molecule has 30 heavy (non-hydrogen) atoms. The lowest BCUT2D eigenvalue weighted by Crippen LogP contribution is -2.30. The van der Waals surface area contributed by atoms with Crippen LogP contribution in [0, 0.1) is 0 Å². The van der Waals surface area contributed by atoms with Crippen molar-refractivity contribution in [3.63, 3.8) is 0 Å². The molecule has 0 radical (unpaired) electrons. The maximum Gasteiger partial charge on any atom is 0.254 e. The minimum Gasteiger partial charge on any atom is -0.491 e. The van der Waals surface area contributed by atoms with Gasteiger partial charge in [-0.2, -0.15) is 0 Å². The standard InChI is InChI=1S/C23H24Cl2N2O3/c1-4-29-22-20(24)12-17(13-21(22)25)23(28)27(15-19-6-5-11-30-19)14-16-7-9-18(10-8-16)26(2)3/h5-13H,4,14-15H2,1-3H3. The van der Waals surface area contributed by atoms with Gasteiger partial charge in [0.15, 0.2) is 5.75 Å². The average Bonchev–Trinajstić information content (AvgIpc) is 3.23. The second kappa shape index (κ2) is 9.92. The first-order valence-corrected chi connectivity index (χ1v) is 10.3.